The van der Waals surface area contributed by atoms with E-state index in [9.17, 15) is 0 Å². The smallest absolute Gasteiger partial charge is 0.0661 e. The molecule has 0 unspecified atom stereocenters. The van der Waals surface area contributed by atoms with Gasteiger partial charge in [0.1, 0.15) is 0 Å². The number of hydrogen-bond donors (Lipinski definition) is 0. The maximum Gasteiger partial charge on any atom is 0.0661 e. The average molecular weight is 295 g/mol. The minimum atomic E-state index is 0.419. The highest BCUT2D eigenvalue weighted by molar-refractivity contribution is 4.90. The Bertz CT molecular complexity index is 242. The predicted molar refractivity (Wildman–Crippen MR) is 93.7 cm³/mol. The summed E-state index contributed by atoms with van der Waals surface area (Å²) < 4.78 is 5.88. The van der Waals surface area contributed by atoms with Crippen molar-refractivity contribution in [3.63, 3.8) is 0 Å². The minimum absolute atomic E-state index is 0.419. The van der Waals surface area contributed by atoms with E-state index >= 15 is 0 Å². The monoisotopic (exact) mass is 294 g/mol. The van der Waals surface area contributed by atoms with E-state index < -0.39 is 0 Å². The van der Waals surface area contributed by atoms with E-state index in [1.54, 1.807) is 0 Å². The van der Waals surface area contributed by atoms with Crippen LogP contribution in [0.25, 0.3) is 0 Å². The van der Waals surface area contributed by atoms with Gasteiger partial charge < -0.3 is 4.74 Å². The molecule has 0 saturated heterocycles. The Morgan fingerprint density at radius 3 is 2.19 bits per heavy atom. The third-order valence-corrected chi connectivity index (χ3v) is 5.25. The standard InChI is InChI=1S/C20H38O/c1-4-6-7-8-9-10-12-15-18(5-2)20(21-3)19-16-13-11-14-17-19/h5,18-20H,2,4,6-17H2,1,3H3/t18-,20-/m0/s1. The summed E-state index contributed by atoms with van der Waals surface area (Å²) in [6.45, 7) is 6.37. The molecular formula is C20H38O. The molecule has 1 nitrogen and oxygen atoms in total. The summed E-state index contributed by atoms with van der Waals surface area (Å²) in [5.41, 5.74) is 0. The van der Waals surface area contributed by atoms with Crippen molar-refractivity contribution in [2.45, 2.75) is 96.5 Å². The van der Waals surface area contributed by atoms with Crippen molar-refractivity contribution in [2.75, 3.05) is 7.11 Å². The number of unbranched alkanes of at least 4 members (excludes halogenated alkanes) is 6. The van der Waals surface area contributed by atoms with Gasteiger partial charge in [-0.05, 0) is 25.2 Å². The fourth-order valence-electron chi connectivity index (χ4n) is 3.93. The Morgan fingerprint density at radius 1 is 1.00 bits per heavy atom. The summed E-state index contributed by atoms with van der Waals surface area (Å²) in [6, 6.07) is 0. The molecule has 2 atom stereocenters. The molecule has 124 valence electrons. The van der Waals surface area contributed by atoms with Crippen LogP contribution < -0.4 is 0 Å². The first-order chi connectivity index (χ1) is 10.3. The molecule has 0 aromatic carbocycles. The Kier molecular flexibility index (Phi) is 10.9. The van der Waals surface area contributed by atoms with Gasteiger partial charge >= 0.3 is 0 Å². The Morgan fingerprint density at radius 2 is 1.62 bits per heavy atom. The normalized spacial score (nSPS) is 19.3. The summed E-state index contributed by atoms with van der Waals surface area (Å²) in [5, 5.41) is 0. The Hall–Kier alpha value is -0.300. The number of methoxy groups -OCH3 is 1. The zero-order valence-corrected chi connectivity index (χ0v) is 14.6. The summed E-state index contributed by atoms with van der Waals surface area (Å²) in [4.78, 5) is 0. The Balaban J connectivity index is 2.23. The van der Waals surface area contributed by atoms with E-state index in [0.717, 1.165) is 5.92 Å². The molecule has 1 saturated carbocycles. The van der Waals surface area contributed by atoms with Crippen LogP contribution in [0.3, 0.4) is 0 Å². The van der Waals surface area contributed by atoms with Gasteiger partial charge in [0.15, 0.2) is 0 Å². The van der Waals surface area contributed by atoms with Gasteiger partial charge in [0.2, 0.25) is 0 Å². The van der Waals surface area contributed by atoms with Gasteiger partial charge in [-0.2, -0.15) is 0 Å². The second-order valence-corrected chi connectivity index (χ2v) is 6.91. The van der Waals surface area contributed by atoms with Crippen molar-refractivity contribution in [3.8, 4) is 0 Å². The summed E-state index contributed by atoms with van der Waals surface area (Å²) >= 11 is 0. The molecule has 0 aromatic heterocycles. The van der Waals surface area contributed by atoms with Crippen LogP contribution in [0.4, 0.5) is 0 Å². The average Bonchev–Trinajstić information content (AvgIpc) is 2.54. The summed E-state index contributed by atoms with van der Waals surface area (Å²) in [5.74, 6) is 1.34. The molecule has 1 aliphatic rings. The first-order valence-corrected chi connectivity index (χ1v) is 9.48. The topological polar surface area (TPSA) is 9.23 Å². The third kappa shape index (κ3) is 7.49. The highest BCUT2D eigenvalue weighted by Crippen LogP contribution is 2.33. The van der Waals surface area contributed by atoms with Crippen molar-refractivity contribution in [1.82, 2.24) is 0 Å². The van der Waals surface area contributed by atoms with Crippen LogP contribution in [-0.2, 0) is 4.74 Å². The molecule has 0 N–H and O–H groups in total. The molecule has 1 rings (SSSR count). The van der Waals surface area contributed by atoms with Gasteiger partial charge in [0, 0.05) is 13.0 Å². The van der Waals surface area contributed by atoms with Crippen LogP contribution in [0.1, 0.15) is 90.4 Å². The zero-order valence-electron chi connectivity index (χ0n) is 14.6. The van der Waals surface area contributed by atoms with Crippen LogP contribution >= 0.6 is 0 Å². The van der Waals surface area contributed by atoms with E-state index in [0.29, 0.717) is 12.0 Å². The lowest BCUT2D eigenvalue weighted by molar-refractivity contribution is 0.00421. The summed E-state index contributed by atoms with van der Waals surface area (Å²) in [6.07, 6.45) is 20.5. The van der Waals surface area contributed by atoms with Crippen molar-refractivity contribution in [2.24, 2.45) is 11.8 Å². The first-order valence-electron chi connectivity index (χ1n) is 9.48. The molecule has 0 amide bonds. The first kappa shape index (κ1) is 18.7. The molecule has 1 heteroatoms. The Labute approximate surface area is 133 Å². The van der Waals surface area contributed by atoms with E-state index in [1.807, 2.05) is 7.11 Å². The molecule has 0 aliphatic heterocycles. The molecule has 1 fully saturated rings. The molecule has 0 radical (unpaired) electrons. The maximum absolute atomic E-state index is 5.88. The van der Waals surface area contributed by atoms with Crippen LogP contribution in [0.5, 0.6) is 0 Å². The molecule has 21 heavy (non-hydrogen) atoms. The number of ether oxygens (including phenoxy) is 1. The largest absolute Gasteiger partial charge is 0.381 e. The fourth-order valence-corrected chi connectivity index (χ4v) is 3.93. The molecule has 0 bridgehead atoms. The number of hydrogen-bond acceptors (Lipinski definition) is 1. The molecule has 1 aliphatic carbocycles. The third-order valence-electron chi connectivity index (χ3n) is 5.25. The molecule has 0 heterocycles. The second-order valence-electron chi connectivity index (χ2n) is 6.91. The van der Waals surface area contributed by atoms with Crippen LogP contribution in [-0.4, -0.2) is 13.2 Å². The van der Waals surface area contributed by atoms with Gasteiger partial charge in [-0.25, -0.2) is 0 Å². The van der Waals surface area contributed by atoms with Crippen molar-refractivity contribution in [3.05, 3.63) is 12.7 Å². The van der Waals surface area contributed by atoms with Crippen LogP contribution in [0.15, 0.2) is 12.7 Å². The lowest BCUT2D eigenvalue weighted by Gasteiger charge is -2.33. The summed E-state index contributed by atoms with van der Waals surface area (Å²) in [7, 11) is 1.90. The molecule has 0 spiro atoms. The molecular weight excluding hydrogens is 256 g/mol. The lowest BCUT2D eigenvalue weighted by Crippen LogP contribution is -2.31. The predicted octanol–water partition coefficient (Wildman–Crippen LogP) is 6.52. The van der Waals surface area contributed by atoms with E-state index in [4.69, 9.17) is 4.74 Å². The van der Waals surface area contributed by atoms with E-state index in [-0.39, 0.29) is 0 Å². The molecule has 0 aromatic rings. The van der Waals surface area contributed by atoms with Crippen molar-refractivity contribution >= 4 is 0 Å². The number of rotatable bonds is 12. The van der Waals surface area contributed by atoms with Gasteiger partial charge in [-0.15, -0.1) is 6.58 Å². The lowest BCUT2D eigenvalue weighted by atomic mass is 9.79. The SMILES string of the molecule is C=C[C@@H](CCCCCCCCC)[C@H](OC)C1CCCCC1. The van der Waals surface area contributed by atoms with Gasteiger partial charge in [0.05, 0.1) is 6.10 Å². The van der Waals surface area contributed by atoms with Crippen LogP contribution in [0.2, 0.25) is 0 Å². The second kappa shape index (κ2) is 12.3. The van der Waals surface area contributed by atoms with Crippen molar-refractivity contribution < 1.29 is 4.74 Å². The fraction of sp³-hybridized carbons (Fsp3) is 0.900. The van der Waals surface area contributed by atoms with Crippen molar-refractivity contribution in [1.29, 1.82) is 0 Å². The highest BCUT2D eigenvalue weighted by atomic mass is 16.5. The minimum Gasteiger partial charge on any atom is -0.381 e. The van der Waals surface area contributed by atoms with Gasteiger partial charge in [0.25, 0.3) is 0 Å². The zero-order chi connectivity index (χ0) is 15.3. The quantitative estimate of drug-likeness (QED) is 0.294. The van der Waals surface area contributed by atoms with Gasteiger partial charge in [-0.1, -0.05) is 77.2 Å². The van der Waals surface area contributed by atoms with Crippen LogP contribution in [0, 0.1) is 11.8 Å². The van der Waals surface area contributed by atoms with Gasteiger partial charge in [-0.3, -0.25) is 0 Å². The highest BCUT2D eigenvalue weighted by Gasteiger charge is 2.28. The maximum atomic E-state index is 5.88. The van der Waals surface area contributed by atoms with E-state index in [2.05, 4.69) is 19.6 Å². The van der Waals surface area contributed by atoms with E-state index in [1.165, 1.54) is 83.5 Å².